The number of nitrogens with one attached hydrogen (secondary N) is 1. The summed E-state index contributed by atoms with van der Waals surface area (Å²) in [5.41, 5.74) is 1.08. The second kappa shape index (κ2) is 5.55. The molecule has 110 valence electrons. The molecule has 2 heterocycles. The highest BCUT2D eigenvalue weighted by Gasteiger charge is 2.32. The second-order valence-corrected chi connectivity index (χ2v) is 5.32. The fourth-order valence-electron chi connectivity index (χ4n) is 2.87. The molecule has 0 saturated carbocycles. The van der Waals surface area contributed by atoms with Crippen molar-refractivity contribution in [2.24, 2.45) is 0 Å². The zero-order valence-corrected chi connectivity index (χ0v) is 11.6. The second-order valence-electron chi connectivity index (χ2n) is 5.32. The number of fused-ring (bicyclic) bond motifs is 1. The minimum atomic E-state index is -0.940. The number of H-pyrrole nitrogens is 1. The first-order valence-electron chi connectivity index (χ1n) is 7.15. The zero-order chi connectivity index (χ0) is 14.8. The molecule has 6 heteroatoms. The summed E-state index contributed by atoms with van der Waals surface area (Å²) in [5.74, 6) is -1.24. The number of aromatic nitrogens is 2. The van der Waals surface area contributed by atoms with Gasteiger partial charge in [-0.3, -0.25) is 9.89 Å². The number of carboxylic acids is 1. The van der Waals surface area contributed by atoms with Crippen LogP contribution in [-0.2, 0) is 4.79 Å². The van der Waals surface area contributed by atoms with Crippen molar-refractivity contribution >= 4 is 22.8 Å². The van der Waals surface area contributed by atoms with E-state index < -0.39 is 12.0 Å². The Morgan fingerprint density at radius 2 is 2.05 bits per heavy atom. The van der Waals surface area contributed by atoms with E-state index in [9.17, 15) is 14.7 Å². The average Bonchev–Trinajstić information content (AvgIpc) is 2.75. The number of hydrogen-bond acceptors (Lipinski definition) is 3. The Morgan fingerprint density at radius 3 is 2.86 bits per heavy atom. The van der Waals surface area contributed by atoms with Crippen molar-refractivity contribution in [3.8, 4) is 0 Å². The Labute approximate surface area is 121 Å². The SMILES string of the molecule is O=C(O)C1CCCCCN1C(=O)c1n[nH]c2ccccc12. The lowest BCUT2D eigenvalue weighted by Gasteiger charge is -2.26. The minimum Gasteiger partial charge on any atom is -0.480 e. The summed E-state index contributed by atoms with van der Waals surface area (Å²) < 4.78 is 0. The largest absolute Gasteiger partial charge is 0.480 e. The van der Waals surface area contributed by atoms with Gasteiger partial charge < -0.3 is 10.0 Å². The predicted molar refractivity (Wildman–Crippen MR) is 77.0 cm³/mol. The molecule has 1 aliphatic rings. The van der Waals surface area contributed by atoms with Gasteiger partial charge in [-0.05, 0) is 18.9 Å². The molecular formula is C15H17N3O3. The van der Waals surface area contributed by atoms with Crippen LogP contribution in [0.4, 0.5) is 0 Å². The van der Waals surface area contributed by atoms with Gasteiger partial charge >= 0.3 is 5.97 Å². The van der Waals surface area contributed by atoms with E-state index in [0.29, 0.717) is 18.7 Å². The highest BCUT2D eigenvalue weighted by atomic mass is 16.4. The van der Waals surface area contributed by atoms with E-state index >= 15 is 0 Å². The van der Waals surface area contributed by atoms with Crippen LogP contribution in [0.15, 0.2) is 24.3 Å². The first kappa shape index (κ1) is 13.6. The third-order valence-electron chi connectivity index (χ3n) is 3.97. The van der Waals surface area contributed by atoms with Crippen LogP contribution >= 0.6 is 0 Å². The number of amides is 1. The van der Waals surface area contributed by atoms with E-state index in [1.165, 1.54) is 4.90 Å². The number of nitrogens with zero attached hydrogens (tertiary/aromatic N) is 2. The average molecular weight is 287 g/mol. The Hall–Kier alpha value is -2.37. The topological polar surface area (TPSA) is 86.3 Å². The molecule has 1 aliphatic heterocycles. The van der Waals surface area contributed by atoms with Crippen molar-refractivity contribution in [1.29, 1.82) is 0 Å². The molecule has 0 bridgehead atoms. The molecule has 21 heavy (non-hydrogen) atoms. The molecule has 3 rings (SSSR count). The van der Waals surface area contributed by atoms with Crippen molar-refractivity contribution < 1.29 is 14.7 Å². The predicted octanol–water partition coefficient (Wildman–Crippen LogP) is 2.03. The van der Waals surface area contributed by atoms with Crippen LogP contribution in [0.2, 0.25) is 0 Å². The number of aromatic amines is 1. The highest BCUT2D eigenvalue weighted by Crippen LogP contribution is 2.22. The fraction of sp³-hybridized carbons (Fsp3) is 0.400. The van der Waals surface area contributed by atoms with Crippen LogP contribution in [0.5, 0.6) is 0 Å². The third-order valence-corrected chi connectivity index (χ3v) is 3.97. The number of carboxylic acid groups (broad SMARTS) is 1. The summed E-state index contributed by atoms with van der Waals surface area (Å²) in [4.78, 5) is 25.6. The van der Waals surface area contributed by atoms with Gasteiger partial charge in [-0.25, -0.2) is 4.79 Å². The molecule has 0 aliphatic carbocycles. The summed E-state index contributed by atoms with van der Waals surface area (Å²) in [6.45, 7) is 0.469. The number of rotatable bonds is 2. The Kier molecular flexibility index (Phi) is 3.60. The van der Waals surface area contributed by atoms with Crippen molar-refractivity contribution in [1.82, 2.24) is 15.1 Å². The number of aliphatic carboxylic acids is 1. The van der Waals surface area contributed by atoms with Gasteiger partial charge in [-0.1, -0.05) is 31.0 Å². The monoisotopic (exact) mass is 287 g/mol. The van der Waals surface area contributed by atoms with E-state index in [2.05, 4.69) is 10.2 Å². The molecule has 1 atom stereocenters. The van der Waals surface area contributed by atoms with Crippen LogP contribution in [0.1, 0.15) is 36.2 Å². The van der Waals surface area contributed by atoms with Gasteiger partial charge in [-0.15, -0.1) is 0 Å². The molecule has 1 saturated heterocycles. The summed E-state index contributed by atoms with van der Waals surface area (Å²) in [7, 11) is 0. The molecular weight excluding hydrogens is 270 g/mol. The molecule has 2 N–H and O–H groups in total. The van der Waals surface area contributed by atoms with Crippen LogP contribution in [0, 0.1) is 0 Å². The Bertz CT molecular complexity index is 680. The van der Waals surface area contributed by atoms with Gasteiger partial charge in [0.25, 0.3) is 5.91 Å². The number of carbonyl (C=O) groups excluding carboxylic acids is 1. The third kappa shape index (κ3) is 2.49. The normalized spacial score (nSPS) is 19.4. The summed E-state index contributed by atoms with van der Waals surface area (Å²) >= 11 is 0. The van der Waals surface area contributed by atoms with Crippen LogP contribution in [0.25, 0.3) is 10.9 Å². The highest BCUT2D eigenvalue weighted by molar-refractivity contribution is 6.05. The Morgan fingerprint density at radius 1 is 1.24 bits per heavy atom. The van der Waals surface area contributed by atoms with Crippen molar-refractivity contribution in [2.45, 2.75) is 31.7 Å². The summed E-state index contributed by atoms with van der Waals surface area (Å²) in [5, 5.41) is 17.0. The van der Waals surface area contributed by atoms with E-state index in [4.69, 9.17) is 0 Å². The number of hydrogen-bond donors (Lipinski definition) is 2. The number of benzene rings is 1. The van der Waals surface area contributed by atoms with Crippen LogP contribution < -0.4 is 0 Å². The standard InChI is InChI=1S/C15H17N3O3/c19-14(13-10-6-3-4-7-11(10)16-17-13)18-9-5-1-2-8-12(18)15(20)21/h3-4,6-7,12H,1-2,5,8-9H2,(H,16,17)(H,20,21). The van der Waals surface area contributed by atoms with Gasteiger partial charge in [0.1, 0.15) is 6.04 Å². The molecule has 0 radical (unpaired) electrons. The summed E-state index contributed by atoms with van der Waals surface area (Å²) in [6.07, 6.45) is 3.12. The van der Waals surface area contributed by atoms with Gasteiger partial charge in [0.15, 0.2) is 5.69 Å². The number of likely N-dealkylation sites (tertiary alicyclic amines) is 1. The Balaban J connectivity index is 1.97. The molecule has 1 aromatic heterocycles. The lowest BCUT2D eigenvalue weighted by atomic mass is 10.1. The molecule has 1 aromatic carbocycles. The molecule has 6 nitrogen and oxygen atoms in total. The smallest absolute Gasteiger partial charge is 0.326 e. The van der Waals surface area contributed by atoms with Crippen molar-refractivity contribution in [3.05, 3.63) is 30.0 Å². The lowest BCUT2D eigenvalue weighted by Crippen LogP contribution is -2.44. The van der Waals surface area contributed by atoms with Crippen LogP contribution in [-0.4, -0.2) is 44.7 Å². The molecule has 1 fully saturated rings. The maximum Gasteiger partial charge on any atom is 0.326 e. The van der Waals surface area contributed by atoms with Gasteiger partial charge in [0, 0.05) is 11.9 Å². The number of para-hydroxylation sites is 1. The van der Waals surface area contributed by atoms with Gasteiger partial charge in [-0.2, -0.15) is 5.10 Å². The maximum absolute atomic E-state index is 12.7. The molecule has 1 amide bonds. The zero-order valence-electron chi connectivity index (χ0n) is 11.6. The quantitative estimate of drug-likeness (QED) is 0.885. The maximum atomic E-state index is 12.7. The van der Waals surface area contributed by atoms with Crippen LogP contribution in [0.3, 0.4) is 0 Å². The number of carbonyl (C=O) groups is 2. The molecule has 1 unspecified atom stereocenters. The van der Waals surface area contributed by atoms with Gasteiger partial charge in [0.05, 0.1) is 5.52 Å². The first-order chi connectivity index (χ1) is 10.2. The summed E-state index contributed by atoms with van der Waals surface area (Å²) in [6, 6.07) is 6.61. The van der Waals surface area contributed by atoms with E-state index in [-0.39, 0.29) is 5.91 Å². The first-order valence-corrected chi connectivity index (χ1v) is 7.15. The van der Waals surface area contributed by atoms with E-state index in [1.54, 1.807) is 0 Å². The van der Waals surface area contributed by atoms with Gasteiger partial charge in [0.2, 0.25) is 0 Å². The molecule has 2 aromatic rings. The van der Waals surface area contributed by atoms with E-state index in [0.717, 1.165) is 30.2 Å². The van der Waals surface area contributed by atoms with Crippen molar-refractivity contribution in [2.75, 3.05) is 6.54 Å². The fourth-order valence-corrected chi connectivity index (χ4v) is 2.87. The van der Waals surface area contributed by atoms with Crippen molar-refractivity contribution in [3.63, 3.8) is 0 Å². The lowest BCUT2D eigenvalue weighted by molar-refractivity contribution is -0.142. The van der Waals surface area contributed by atoms with E-state index in [1.807, 2.05) is 24.3 Å². The molecule has 0 spiro atoms. The minimum absolute atomic E-state index is 0.304.